The van der Waals surface area contributed by atoms with Gasteiger partial charge in [0.2, 0.25) is 0 Å². The van der Waals surface area contributed by atoms with Gasteiger partial charge in [0, 0.05) is 6.42 Å². The van der Waals surface area contributed by atoms with Crippen molar-refractivity contribution in [2.45, 2.75) is 18.9 Å². The first kappa shape index (κ1) is 17.7. The molecule has 0 bridgehead atoms. The molecular formula is C13H14NO7P. The number of terminal acetylenes is 1. The highest BCUT2D eigenvalue weighted by Crippen LogP contribution is 2.37. The van der Waals surface area contributed by atoms with Crippen molar-refractivity contribution in [3.63, 3.8) is 0 Å². The Bertz CT molecular complexity index is 658. The summed E-state index contributed by atoms with van der Waals surface area (Å²) in [6.07, 6.45) is 4.83. The molecule has 0 heterocycles. The van der Waals surface area contributed by atoms with E-state index in [2.05, 4.69) is 9.84 Å². The van der Waals surface area contributed by atoms with Crippen LogP contribution in [0.3, 0.4) is 0 Å². The van der Waals surface area contributed by atoms with Gasteiger partial charge in [-0.05, 0) is 30.5 Å². The summed E-state index contributed by atoms with van der Waals surface area (Å²) < 4.78 is 15.1. The summed E-state index contributed by atoms with van der Waals surface area (Å²) in [4.78, 5) is 39.9. The summed E-state index contributed by atoms with van der Waals surface area (Å²) in [5.41, 5.74) is -1.12. The lowest BCUT2D eigenvalue weighted by atomic mass is 9.92. The van der Waals surface area contributed by atoms with Crippen LogP contribution in [0.25, 0.3) is 0 Å². The fourth-order valence-electron chi connectivity index (χ4n) is 1.67. The largest absolute Gasteiger partial charge is 0.524 e. The highest BCUT2D eigenvalue weighted by atomic mass is 31.2. The molecule has 118 valence electrons. The number of nitrogens with one attached hydrogen (secondary N) is 1. The topological polar surface area (TPSA) is 133 Å². The van der Waals surface area contributed by atoms with Crippen molar-refractivity contribution in [3.8, 4) is 18.1 Å². The van der Waals surface area contributed by atoms with Crippen LogP contribution in [0.5, 0.6) is 5.75 Å². The molecule has 1 rings (SSSR count). The van der Waals surface area contributed by atoms with Crippen LogP contribution in [-0.4, -0.2) is 32.3 Å². The molecule has 9 heteroatoms. The van der Waals surface area contributed by atoms with Crippen LogP contribution in [-0.2, 0) is 20.6 Å². The van der Waals surface area contributed by atoms with E-state index in [-0.39, 0.29) is 12.2 Å². The van der Waals surface area contributed by atoms with E-state index in [9.17, 15) is 19.3 Å². The minimum Gasteiger partial charge on any atom is -0.480 e. The number of benzene rings is 1. The van der Waals surface area contributed by atoms with Crippen molar-refractivity contribution < 1.29 is 33.6 Å². The van der Waals surface area contributed by atoms with Crippen LogP contribution >= 0.6 is 7.82 Å². The molecule has 4 N–H and O–H groups in total. The molecule has 0 saturated heterocycles. The smallest absolute Gasteiger partial charge is 0.480 e. The standard InChI is InChI=1S/C13H14NO7P/c1-3-11(15)14-13(2,12(16)17)8-9-4-6-10(7-5-9)21-22(18,19)20/h1,4-7H,8H2,2H3,(H,14,15)(H,16,17)(H2,18,19,20)/t13-/m1/s1. The predicted molar refractivity (Wildman–Crippen MR) is 75.8 cm³/mol. The van der Waals surface area contributed by atoms with Crippen molar-refractivity contribution in [1.29, 1.82) is 0 Å². The average molecular weight is 327 g/mol. The number of carbonyl (C=O) groups is 2. The SMILES string of the molecule is C#CC(=O)N[C@](C)(Cc1ccc(OP(=O)(O)O)cc1)C(=O)O. The molecule has 0 spiro atoms. The number of hydrogen-bond acceptors (Lipinski definition) is 4. The first-order valence-corrected chi connectivity index (χ1v) is 7.45. The number of phosphoric ester groups is 1. The first-order chi connectivity index (χ1) is 10.1. The fraction of sp³-hybridized carbons (Fsp3) is 0.231. The van der Waals surface area contributed by atoms with Crippen LogP contribution in [0.2, 0.25) is 0 Å². The number of carbonyl (C=O) groups excluding carboxylic acids is 1. The predicted octanol–water partition coefficient (Wildman–Crippen LogP) is 0.293. The third-order valence-electron chi connectivity index (χ3n) is 2.70. The number of hydrogen-bond donors (Lipinski definition) is 4. The van der Waals surface area contributed by atoms with Crippen molar-refractivity contribution in [2.75, 3.05) is 0 Å². The molecule has 1 atom stereocenters. The molecule has 0 aliphatic rings. The Morgan fingerprint density at radius 1 is 1.36 bits per heavy atom. The van der Waals surface area contributed by atoms with Crippen molar-refractivity contribution in [3.05, 3.63) is 29.8 Å². The summed E-state index contributed by atoms with van der Waals surface area (Å²) in [5.74, 6) is -0.418. The van der Waals surface area contributed by atoms with Gasteiger partial charge in [-0.25, -0.2) is 9.36 Å². The Hall–Kier alpha value is -2.33. The Kier molecular flexibility index (Phi) is 5.33. The molecule has 22 heavy (non-hydrogen) atoms. The molecule has 0 aliphatic carbocycles. The van der Waals surface area contributed by atoms with Gasteiger partial charge in [-0.1, -0.05) is 12.1 Å². The summed E-state index contributed by atoms with van der Waals surface area (Å²) in [5, 5.41) is 11.4. The van der Waals surface area contributed by atoms with Crippen molar-refractivity contribution >= 4 is 19.7 Å². The highest BCUT2D eigenvalue weighted by Gasteiger charge is 2.34. The van der Waals surface area contributed by atoms with Crippen LogP contribution in [0.15, 0.2) is 24.3 Å². The number of aliphatic carboxylic acids is 1. The van der Waals surface area contributed by atoms with Gasteiger partial charge in [-0.3, -0.25) is 14.6 Å². The molecule has 8 nitrogen and oxygen atoms in total. The summed E-state index contributed by atoms with van der Waals surface area (Å²) in [6.45, 7) is 1.30. The monoisotopic (exact) mass is 327 g/mol. The van der Waals surface area contributed by atoms with E-state index in [1.807, 2.05) is 0 Å². The zero-order valence-electron chi connectivity index (χ0n) is 11.5. The van der Waals surface area contributed by atoms with E-state index in [4.69, 9.17) is 16.2 Å². The Morgan fingerprint density at radius 2 is 1.91 bits per heavy atom. The zero-order valence-corrected chi connectivity index (χ0v) is 12.4. The minimum atomic E-state index is -4.66. The van der Waals surface area contributed by atoms with E-state index < -0.39 is 25.2 Å². The van der Waals surface area contributed by atoms with Gasteiger partial charge in [0.25, 0.3) is 5.91 Å². The maximum absolute atomic E-state index is 11.3. The summed E-state index contributed by atoms with van der Waals surface area (Å²) in [7, 11) is -4.66. The second-order valence-corrected chi connectivity index (χ2v) is 5.80. The minimum absolute atomic E-state index is 0.0678. The molecule has 0 fully saturated rings. The van der Waals surface area contributed by atoms with Gasteiger partial charge >= 0.3 is 13.8 Å². The van der Waals surface area contributed by atoms with Crippen LogP contribution in [0.4, 0.5) is 0 Å². The van der Waals surface area contributed by atoms with E-state index in [1.54, 1.807) is 5.92 Å². The number of carboxylic acids is 1. The Labute approximate surface area is 126 Å². The lowest BCUT2D eigenvalue weighted by molar-refractivity contribution is -0.146. The highest BCUT2D eigenvalue weighted by molar-refractivity contribution is 7.46. The van der Waals surface area contributed by atoms with Gasteiger partial charge in [-0.15, -0.1) is 6.42 Å². The number of rotatable bonds is 6. The van der Waals surface area contributed by atoms with E-state index in [0.29, 0.717) is 5.56 Å². The molecule has 0 radical (unpaired) electrons. The molecular weight excluding hydrogens is 313 g/mol. The normalized spacial score (nSPS) is 13.5. The summed E-state index contributed by atoms with van der Waals surface area (Å²) >= 11 is 0. The fourth-order valence-corrected chi connectivity index (χ4v) is 2.07. The van der Waals surface area contributed by atoms with Crippen LogP contribution < -0.4 is 9.84 Å². The number of phosphoric acid groups is 1. The molecule has 1 aromatic rings. The van der Waals surface area contributed by atoms with Crippen molar-refractivity contribution in [1.82, 2.24) is 5.32 Å². The number of amides is 1. The van der Waals surface area contributed by atoms with Crippen LogP contribution in [0, 0.1) is 12.3 Å². The summed E-state index contributed by atoms with van der Waals surface area (Å²) in [6, 6.07) is 5.40. The van der Waals surface area contributed by atoms with Gasteiger partial charge in [-0.2, -0.15) is 0 Å². The van der Waals surface area contributed by atoms with Crippen molar-refractivity contribution in [2.24, 2.45) is 0 Å². The van der Waals surface area contributed by atoms with Crippen LogP contribution in [0.1, 0.15) is 12.5 Å². The molecule has 1 aromatic carbocycles. The molecule has 1 amide bonds. The van der Waals surface area contributed by atoms with Gasteiger partial charge < -0.3 is 14.9 Å². The third kappa shape index (κ3) is 5.22. The maximum Gasteiger partial charge on any atom is 0.524 e. The second kappa shape index (κ2) is 6.62. The van der Waals surface area contributed by atoms with Gasteiger partial charge in [0.15, 0.2) is 0 Å². The quantitative estimate of drug-likeness (QED) is 0.436. The average Bonchev–Trinajstić information content (AvgIpc) is 2.39. The third-order valence-corrected chi connectivity index (χ3v) is 3.15. The molecule has 0 aromatic heterocycles. The zero-order chi connectivity index (χ0) is 17.0. The lowest BCUT2D eigenvalue weighted by Crippen LogP contribution is -2.53. The first-order valence-electron chi connectivity index (χ1n) is 5.92. The lowest BCUT2D eigenvalue weighted by Gasteiger charge is -2.25. The van der Waals surface area contributed by atoms with E-state index >= 15 is 0 Å². The van der Waals surface area contributed by atoms with Gasteiger partial charge in [0.1, 0.15) is 11.3 Å². The van der Waals surface area contributed by atoms with E-state index in [1.165, 1.54) is 31.2 Å². The van der Waals surface area contributed by atoms with E-state index in [0.717, 1.165) is 0 Å². The molecule has 0 aliphatic heterocycles. The number of carboxylic acid groups (broad SMARTS) is 1. The second-order valence-electron chi connectivity index (χ2n) is 4.64. The molecule has 0 saturated carbocycles. The maximum atomic E-state index is 11.3. The Balaban J connectivity index is 2.91. The molecule has 0 unspecified atom stereocenters. The van der Waals surface area contributed by atoms with Gasteiger partial charge in [0.05, 0.1) is 0 Å². The Morgan fingerprint density at radius 3 is 2.32 bits per heavy atom.